The minimum Gasteiger partial charge on any atom is -0.465 e. The third kappa shape index (κ3) is 4.22. The number of esters is 1. The molecule has 1 aliphatic heterocycles. The standard InChI is InChI=1S/C22H24N2O4/c1-2-28-21(27)22(20(26)23-14-17-9-5-3-6-10-17)13-19(25)24(16-22)15-18-11-7-4-8-12-18/h3-12H,2,13-16H2,1H3,(H,23,26). The molecular weight excluding hydrogens is 356 g/mol. The summed E-state index contributed by atoms with van der Waals surface area (Å²) < 4.78 is 5.17. The Labute approximate surface area is 164 Å². The Bertz CT molecular complexity index is 838. The predicted octanol–water partition coefficient (Wildman–Crippen LogP) is 2.28. The van der Waals surface area contributed by atoms with Crippen LogP contribution >= 0.6 is 0 Å². The zero-order valence-corrected chi connectivity index (χ0v) is 15.9. The van der Waals surface area contributed by atoms with Crippen LogP contribution in [-0.2, 0) is 32.2 Å². The topological polar surface area (TPSA) is 75.7 Å². The van der Waals surface area contributed by atoms with Gasteiger partial charge in [0.2, 0.25) is 11.8 Å². The quantitative estimate of drug-likeness (QED) is 0.591. The van der Waals surface area contributed by atoms with Crippen molar-refractivity contribution in [3.8, 4) is 0 Å². The monoisotopic (exact) mass is 380 g/mol. The number of carbonyl (C=O) groups is 3. The molecule has 6 nitrogen and oxygen atoms in total. The Kier molecular flexibility index (Phi) is 6.09. The maximum Gasteiger partial charge on any atom is 0.324 e. The fourth-order valence-corrected chi connectivity index (χ4v) is 3.39. The van der Waals surface area contributed by atoms with E-state index in [4.69, 9.17) is 4.74 Å². The summed E-state index contributed by atoms with van der Waals surface area (Å²) in [5.41, 5.74) is 0.344. The van der Waals surface area contributed by atoms with Gasteiger partial charge in [-0.2, -0.15) is 0 Å². The summed E-state index contributed by atoms with van der Waals surface area (Å²) in [6.45, 7) is 2.49. The highest BCUT2D eigenvalue weighted by Gasteiger charge is 2.55. The molecule has 3 rings (SSSR count). The van der Waals surface area contributed by atoms with Gasteiger partial charge in [-0.05, 0) is 18.1 Å². The number of likely N-dealkylation sites (tertiary alicyclic amines) is 1. The van der Waals surface area contributed by atoms with Crippen molar-refractivity contribution in [2.45, 2.75) is 26.4 Å². The SMILES string of the molecule is CCOC(=O)C1(C(=O)NCc2ccccc2)CC(=O)N(Cc2ccccc2)C1. The number of rotatable bonds is 7. The van der Waals surface area contributed by atoms with Gasteiger partial charge in [0.25, 0.3) is 0 Å². The fourth-order valence-electron chi connectivity index (χ4n) is 3.39. The van der Waals surface area contributed by atoms with E-state index in [0.717, 1.165) is 11.1 Å². The van der Waals surface area contributed by atoms with E-state index in [9.17, 15) is 14.4 Å². The normalized spacial score (nSPS) is 18.8. The van der Waals surface area contributed by atoms with Crippen molar-refractivity contribution in [1.29, 1.82) is 0 Å². The summed E-state index contributed by atoms with van der Waals surface area (Å²) in [5, 5.41) is 2.81. The van der Waals surface area contributed by atoms with E-state index < -0.39 is 17.3 Å². The van der Waals surface area contributed by atoms with Gasteiger partial charge in [0, 0.05) is 19.6 Å². The van der Waals surface area contributed by atoms with Crippen molar-refractivity contribution in [3.63, 3.8) is 0 Å². The first-order chi connectivity index (χ1) is 13.5. The van der Waals surface area contributed by atoms with E-state index >= 15 is 0 Å². The maximum absolute atomic E-state index is 13.0. The average Bonchev–Trinajstić information content (AvgIpc) is 3.05. The molecule has 2 aromatic rings. The zero-order valence-electron chi connectivity index (χ0n) is 15.9. The second kappa shape index (κ2) is 8.69. The Morgan fingerprint density at radius 3 is 2.25 bits per heavy atom. The van der Waals surface area contributed by atoms with Crippen LogP contribution in [0, 0.1) is 5.41 Å². The Morgan fingerprint density at radius 2 is 1.64 bits per heavy atom. The number of benzene rings is 2. The number of hydrogen-bond donors (Lipinski definition) is 1. The van der Waals surface area contributed by atoms with Gasteiger partial charge in [0.15, 0.2) is 5.41 Å². The summed E-state index contributed by atoms with van der Waals surface area (Å²) in [6, 6.07) is 18.9. The Balaban J connectivity index is 1.77. The first kappa shape index (κ1) is 19.6. The van der Waals surface area contributed by atoms with Crippen molar-refractivity contribution in [3.05, 3.63) is 71.8 Å². The predicted molar refractivity (Wildman–Crippen MR) is 104 cm³/mol. The number of hydrogen-bond acceptors (Lipinski definition) is 4. The molecule has 2 aromatic carbocycles. The van der Waals surface area contributed by atoms with Crippen molar-refractivity contribution in [1.82, 2.24) is 10.2 Å². The lowest BCUT2D eigenvalue weighted by Crippen LogP contribution is -2.49. The molecule has 0 aromatic heterocycles. The first-order valence-corrected chi connectivity index (χ1v) is 9.36. The Hall–Kier alpha value is -3.15. The lowest BCUT2D eigenvalue weighted by atomic mass is 9.85. The van der Waals surface area contributed by atoms with E-state index in [2.05, 4.69) is 5.32 Å². The van der Waals surface area contributed by atoms with Crippen LogP contribution in [0.2, 0.25) is 0 Å². The molecular formula is C22H24N2O4. The number of nitrogens with zero attached hydrogens (tertiary/aromatic N) is 1. The molecule has 1 unspecified atom stereocenters. The summed E-state index contributed by atoms with van der Waals surface area (Å²) in [4.78, 5) is 39.9. The third-order valence-electron chi connectivity index (χ3n) is 4.88. The van der Waals surface area contributed by atoms with Crippen molar-refractivity contribution >= 4 is 17.8 Å². The van der Waals surface area contributed by atoms with Crippen LogP contribution in [-0.4, -0.2) is 35.8 Å². The van der Waals surface area contributed by atoms with Crippen molar-refractivity contribution < 1.29 is 19.1 Å². The van der Waals surface area contributed by atoms with Crippen molar-refractivity contribution in [2.75, 3.05) is 13.2 Å². The molecule has 1 aliphatic rings. The molecule has 0 aliphatic carbocycles. The number of ether oxygens (including phenoxy) is 1. The first-order valence-electron chi connectivity index (χ1n) is 9.36. The Morgan fingerprint density at radius 1 is 1.04 bits per heavy atom. The average molecular weight is 380 g/mol. The fraction of sp³-hybridized carbons (Fsp3) is 0.318. The van der Waals surface area contributed by atoms with Gasteiger partial charge >= 0.3 is 5.97 Å². The zero-order chi connectivity index (χ0) is 20.0. The van der Waals surface area contributed by atoms with Crippen LogP contribution in [0.25, 0.3) is 0 Å². The molecule has 1 heterocycles. The summed E-state index contributed by atoms with van der Waals surface area (Å²) >= 11 is 0. The molecule has 0 saturated carbocycles. The molecule has 1 saturated heterocycles. The van der Waals surface area contributed by atoms with E-state index in [-0.39, 0.29) is 32.0 Å². The summed E-state index contributed by atoms with van der Waals surface area (Å²) in [7, 11) is 0. The van der Waals surface area contributed by atoms with Gasteiger partial charge in [-0.15, -0.1) is 0 Å². The molecule has 1 atom stereocenters. The molecule has 0 bridgehead atoms. The molecule has 146 valence electrons. The highest BCUT2D eigenvalue weighted by molar-refractivity contribution is 6.08. The number of carbonyl (C=O) groups excluding carboxylic acids is 3. The van der Waals surface area contributed by atoms with E-state index in [1.54, 1.807) is 11.8 Å². The molecule has 0 spiro atoms. The van der Waals surface area contributed by atoms with Crippen LogP contribution in [0.5, 0.6) is 0 Å². The van der Waals surface area contributed by atoms with E-state index in [1.807, 2.05) is 60.7 Å². The molecule has 6 heteroatoms. The second-order valence-corrected chi connectivity index (χ2v) is 6.88. The highest BCUT2D eigenvalue weighted by atomic mass is 16.5. The van der Waals surface area contributed by atoms with Gasteiger partial charge in [-0.25, -0.2) is 0 Å². The smallest absolute Gasteiger partial charge is 0.324 e. The third-order valence-corrected chi connectivity index (χ3v) is 4.88. The van der Waals surface area contributed by atoms with Crippen LogP contribution in [0.1, 0.15) is 24.5 Å². The minimum absolute atomic E-state index is 0.0141. The van der Waals surface area contributed by atoms with Crippen LogP contribution in [0.3, 0.4) is 0 Å². The van der Waals surface area contributed by atoms with Crippen molar-refractivity contribution in [2.24, 2.45) is 5.41 Å². The highest BCUT2D eigenvalue weighted by Crippen LogP contribution is 2.34. The molecule has 2 amide bonds. The molecule has 1 fully saturated rings. The van der Waals surface area contributed by atoms with Gasteiger partial charge in [0.1, 0.15) is 0 Å². The van der Waals surface area contributed by atoms with Crippen LogP contribution in [0.4, 0.5) is 0 Å². The van der Waals surface area contributed by atoms with Gasteiger partial charge in [-0.3, -0.25) is 14.4 Å². The minimum atomic E-state index is -1.52. The van der Waals surface area contributed by atoms with Gasteiger partial charge in [-0.1, -0.05) is 60.7 Å². The lowest BCUT2D eigenvalue weighted by molar-refractivity contribution is -0.160. The van der Waals surface area contributed by atoms with E-state index in [1.165, 1.54) is 0 Å². The second-order valence-electron chi connectivity index (χ2n) is 6.88. The van der Waals surface area contributed by atoms with E-state index in [0.29, 0.717) is 6.54 Å². The molecule has 28 heavy (non-hydrogen) atoms. The van der Waals surface area contributed by atoms with Gasteiger partial charge in [0.05, 0.1) is 13.0 Å². The number of amides is 2. The molecule has 1 N–H and O–H groups in total. The van der Waals surface area contributed by atoms with Crippen LogP contribution in [0.15, 0.2) is 60.7 Å². The van der Waals surface area contributed by atoms with Gasteiger partial charge < -0.3 is 15.0 Å². The maximum atomic E-state index is 13.0. The molecule has 0 radical (unpaired) electrons. The summed E-state index contributed by atoms with van der Waals surface area (Å²) in [5.74, 6) is -1.35. The number of nitrogens with one attached hydrogen (secondary N) is 1. The van der Waals surface area contributed by atoms with Crippen LogP contribution < -0.4 is 5.32 Å². The summed E-state index contributed by atoms with van der Waals surface area (Å²) in [6.07, 6.45) is -0.181. The lowest BCUT2D eigenvalue weighted by Gasteiger charge is -2.25. The largest absolute Gasteiger partial charge is 0.465 e.